The number of hydrogen-bond acceptors (Lipinski definition) is 4. The third-order valence-electron chi connectivity index (χ3n) is 0.744. The van der Waals surface area contributed by atoms with Crippen LogP contribution >= 0.6 is 7.82 Å². The van der Waals surface area contributed by atoms with Gasteiger partial charge < -0.3 is 14.9 Å². The fourth-order valence-electron chi connectivity index (χ4n) is 0.233. The van der Waals surface area contributed by atoms with Gasteiger partial charge in [-0.3, -0.25) is 9.32 Å². The summed E-state index contributed by atoms with van der Waals surface area (Å²) in [7, 11) is -4.82. The zero-order valence-electron chi connectivity index (χ0n) is 6.67. The van der Waals surface area contributed by atoms with Crippen molar-refractivity contribution in [3.8, 4) is 0 Å². The summed E-state index contributed by atoms with van der Waals surface area (Å²) >= 11 is 0. The number of carbonyl (C=O) groups excluding carboxylic acids is 1. The highest BCUT2D eigenvalue weighted by Gasteiger charge is 2.18. The molecule has 7 heteroatoms. The predicted octanol–water partition coefficient (Wildman–Crippen LogP) is -0.954. The van der Waals surface area contributed by atoms with Gasteiger partial charge in [0.25, 0.3) is 0 Å². The highest BCUT2D eigenvalue weighted by molar-refractivity contribution is 7.46. The first-order valence-electron chi connectivity index (χ1n) is 3.16. The van der Waals surface area contributed by atoms with Gasteiger partial charge in [0.05, 0.1) is 7.95 Å². The quantitative estimate of drug-likeness (QED) is 0.487. The van der Waals surface area contributed by atoms with Gasteiger partial charge in [-0.1, -0.05) is 0 Å². The topological polar surface area (TPSA) is 104 Å². The predicted molar refractivity (Wildman–Crippen MR) is 34.7 cm³/mol. The lowest BCUT2D eigenvalue weighted by Gasteiger charge is -2.07. The van der Waals surface area contributed by atoms with Gasteiger partial charge in [-0.25, -0.2) is 4.57 Å². The molecule has 0 fully saturated rings. The normalized spacial score (nSPS) is 18.7. The molecule has 0 aliphatic carbocycles. The van der Waals surface area contributed by atoms with E-state index in [4.69, 9.17) is 16.3 Å². The Hall–Kier alpha value is -0.260. The summed E-state index contributed by atoms with van der Waals surface area (Å²) in [6, 6.07) is 0. The number of phosphoric ester groups is 1. The second kappa shape index (κ2) is 3.94. The summed E-state index contributed by atoms with van der Waals surface area (Å²) in [5.41, 5.74) is 0. The Morgan fingerprint density at radius 2 is 2.27 bits per heavy atom. The lowest BCUT2D eigenvalue weighted by molar-refractivity contribution is -0.126. The van der Waals surface area contributed by atoms with Crippen LogP contribution in [0, 0.1) is 0 Å². The van der Waals surface area contributed by atoms with E-state index in [0.717, 1.165) is 6.92 Å². The molecule has 0 bridgehead atoms. The lowest BCUT2D eigenvalue weighted by Crippen LogP contribution is -2.22. The zero-order valence-corrected chi connectivity index (χ0v) is 6.56. The van der Waals surface area contributed by atoms with Gasteiger partial charge in [0.15, 0.2) is 5.78 Å². The number of aliphatic hydroxyl groups excluding tert-OH is 1. The van der Waals surface area contributed by atoms with Gasteiger partial charge in [-0.15, -0.1) is 0 Å². The van der Waals surface area contributed by atoms with Crippen molar-refractivity contribution in [3.63, 3.8) is 0 Å². The van der Waals surface area contributed by atoms with Crippen molar-refractivity contribution < 1.29 is 30.1 Å². The summed E-state index contributed by atoms with van der Waals surface area (Å²) in [4.78, 5) is 26.7. The van der Waals surface area contributed by atoms with Crippen molar-refractivity contribution in [1.82, 2.24) is 0 Å². The SMILES string of the molecule is [2H][C@@H](OP(=O)(O)O)[C@H](O)C(C)=O. The maximum absolute atomic E-state index is 10.4. The Bertz CT molecular complexity index is 212. The van der Waals surface area contributed by atoms with Gasteiger partial charge >= 0.3 is 7.82 Å². The van der Waals surface area contributed by atoms with Crippen LogP contribution in [0.15, 0.2) is 0 Å². The van der Waals surface area contributed by atoms with Gasteiger partial charge in [0.1, 0.15) is 6.10 Å². The summed E-state index contributed by atoms with van der Waals surface area (Å²) in [5.74, 6) is -0.788. The van der Waals surface area contributed by atoms with E-state index in [9.17, 15) is 9.36 Å². The van der Waals surface area contributed by atoms with Crippen LogP contribution in [0.1, 0.15) is 8.29 Å². The van der Waals surface area contributed by atoms with Crippen LogP contribution in [0.3, 0.4) is 0 Å². The van der Waals surface area contributed by atoms with E-state index >= 15 is 0 Å². The fraction of sp³-hybridized carbons (Fsp3) is 0.750. The summed E-state index contributed by atoms with van der Waals surface area (Å²) < 4.78 is 20.6. The summed E-state index contributed by atoms with van der Waals surface area (Å²) in [6.45, 7) is -0.974. The largest absolute Gasteiger partial charge is 0.469 e. The monoisotopic (exact) mass is 185 g/mol. The van der Waals surface area contributed by atoms with Crippen molar-refractivity contribution in [2.24, 2.45) is 0 Å². The molecule has 0 aliphatic heterocycles. The van der Waals surface area contributed by atoms with Crippen LogP contribution in [-0.4, -0.2) is 33.4 Å². The first kappa shape index (κ1) is 8.83. The number of phosphoric acid groups is 1. The molecule has 0 saturated heterocycles. The molecular weight excluding hydrogens is 175 g/mol. The molecular formula is C4H9O6P. The van der Waals surface area contributed by atoms with Gasteiger partial charge in [-0.2, -0.15) is 0 Å². The molecule has 0 unspecified atom stereocenters. The van der Waals surface area contributed by atoms with Crippen molar-refractivity contribution in [2.75, 3.05) is 6.58 Å². The van der Waals surface area contributed by atoms with E-state index in [0.29, 0.717) is 0 Å². The minimum atomic E-state index is -4.82. The number of carbonyl (C=O) groups is 1. The molecule has 0 aromatic heterocycles. The van der Waals surface area contributed by atoms with Crippen molar-refractivity contribution in [1.29, 1.82) is 0 Å². The van der Waals surface area contributed by atoms with Gasteiger partial charge in [0.2, 0.25) is 0 Å². The zero-order chi connectivity index (χ0) is 9.94. The average molecular weight is 185 g/mol. The van der Waals surface area contributed by atoms with Crippen molar-refractivity contribution >= 4 is 13.6 Å². The van der Waals surface area contributed by atoms with Crippen LogP contribution < -0.4 is 0 Å². The molecule has 3 N–H and O–H groups in total. The molecule has 0 aromatic carbocycles. The van der Waals surface area contributed by atoms with Crippen LogP contribution in [0.5, 0.6) is 0 Å². The molecule has 0 heterocycles. The maximum Gasteiger partial charge on any atom is 0.469 e. The number of hydrogen-bond donors (Lipinski definition) is 3. The Morgan fingerprint density at radius 1 is 1.82 bits per heavy atom. The van der Waals surface area contributed by atoms with E-state index in [1.165, 1.54) is 0 Å². The number of rotatable bonds is 4. The first-order valence-corrected chi connectivity index (χ1v) is 4.12. The number of aliphatic hydroxyl groups is 1. The van der Waals surface area contributed by atoms with E-state index in [2.05, 4.69) is 4.52 Å². The molecule has 0 saturated carbocycles. The molecule has 0 radical (unpaired) electrons. The molecule has 0 amide bonds. The Morgan fingerprint density at radius 3 is 2.55 bits per heavy atom. The van der Waals surface area contributed by atoms with E-state index in [1.54, 1.807) is 0 Å². The van der Waals surface area contributed by atoms with Gasteiger partial charge in [-0.05, 0) is 6.92 Å². The minimum Gasteiger partial charge on any atom is -0.383 e. The number of Topliss-reactive ketones (excluding diaryl/α,β-unsaturated/α-hetero) is 1. The van der Waals surface area contributed by atoms with E-state index in [1.807, 2.05) is 0 Å². The molecule has 2 atom stereocenters. The van der Waals surface area contributed by atoms with Crippen LogP contribution in [0.4, 0.5) is 0 Å². The van der Waals surface area contributed by atoms with Crippen LogP contribution in [0.2, 0.25) is 0 Å². The van der Waals surface area contributed by atoms with E-state index < -0.39 is 26.3 Å². The molecule has 6 nitrogen and oxygen atoms in total. The van der Waals surface area contributed by atoms with E-state index in [-0.39, 0.29) is 0 Å². The first-order chi connectivity index (χ1) is 5.24. The second-order valence-corrected chi connectivity index (χ2v) is 2.98. The fourth-order valence-corrected chi connectivity index (χ4v) is 0.507. The third kappa shape index (κ3) is 6.15. The smallest absolute Gasteiger partial charge is 0.383 e. The molecule has 0 aliphatic rings. The Kier molecular flexibility index (Phi) is 3.16. The highest BCUT2D eigenvalue weighted by atomic mass is 31.2. The molecule has 0 rings (SSSR count). The lowest BCUT2D eigenvalue weighted by atomic mass is 10.3. The van der Waals surface area contributed by atoms with Gasteiger partial charge in [0, 0.05) is 0 Å². The van der Waals surface area contributed by atoms with Crippen molar-refractivity contribution in [2.45, 2.75) is 13.0 Å². The van der Waals surface area contributed by atoms with Crippen molar-refractivity contribution in [3.05, 3.63) is 0 Å². The third-order valence-corrected chi connectivity index (χ3v) is 1.14. The Balaban J connectivity index is 4.13. The molecule has 66 valence electrons. The second-order valence-electron chi connectivity index (χ2n) is 1.79. The molecule has 0 aromatic rings. The standard InChI is InChI=1S/C4H9O6P/c1-3(5)4(6)2-10-11(7,8)9/h4,6H,2H2,1H3,(H2,7,8,9)/t4-/m0/s1/i2D/t2-,4+/m1. The Labute approximate surface area is 64.4 Å². The summed E-state index contributed by atoms with van der Waals surface area (Å²) in [5, 5.41) is 8.75. The maximum atomic E-state index is 10.4. The molecule has 0 spiro atoms. The van der Waals surface area contributed by atoms with Crippen LogP contribution in [-0.2, 0) is 13.9 Å². The summed E-state index contributed by atoms with van der Waals surface area (Å²) in [6.07, 6.45) is -1.84. The average Bonchev–Trinajstić information content (AvgIpc) is 1.82. The minimum absolute atomic E-state index is 0.788. The number of ketones is 1. The molecule has 11 heavy (non-hydrogen) atoms. The highest BCUT2D eigenvalue weighted by Crippen LogP contribution is 2.35. The van der Waals surface area contributed by atoms with Crippen LogP contribution in [0.25, 0.3) is 0 Å².